The van der Waals surface area contributed by atoms with Crippen LogP contribution in [0.15, 0.2) is 24.3 Å². The first-order valence-corrected chi connectivity index (χ1v) is 5.35. The highest BCUT2D eigenvalue weighted by Crippen LogP contribution is 2.19. The normalized spacial score (nSPS) is 21.3. The lowest BCUT2D eigenvalue weighted by molar-refractivity contribution is 0.327. The Kier molecular flexibility index (Phi) is 4.87. The quantitative estimate of drug-likeness (QED) is 0.868. The average Bonchev–Trinajstić information content (AvgIpc) is 2.56. The van der Waals surface area contributed by atoms with E-state index in [9.17, 15) is 0 Å². The lowest BCUT2D eigenvalue weighted by Gasteiger charge is -2.15. The summed E-state index contributed by atoms with van der Waals surface area (Å²) in [5.41, 5.74) is 7.04. The zero-order valence-electron chi connectivity index (χ0n) is 8.53. The summed E-state index contributed by atoms with van der Waals surface area (Å²) >= 11 is 6.08. The molecule has 2 nitrogen and oxygen atoms in total. The van der Waals surface area contributed by atoms with Gasteiger partial charge in [0.2, 0.25) is 0 Å². The van der Waals surface area contributed by atoms with Crippen molar-refractivity contribution in [2.75, 3.05) is 13.1 Å². The fraction of sp³-hybridized carbons (Fsp3) is 0.455. The summed E-state index contributed by atoms with van der Waals surface area (Å²) in [6, 6.07) is 8.34. The topological polar surface area (TPSA) is 29.3 Å². The molecule has 0 aromatic heterocycles. The van der Waals surface area contributed by atoms with Crippen molar-refractivity contribution >= 4 is 24.0 Å². The van der Waals surface area contributed by atoms with Crippen molar-refractivity contribution in [1.29, 1.82) is 0 Å². The van der Waals surface area contributed by atoms with E-state index in [2.05, 4.69) is 11.0 Å². The Labute approximate surface area is 102 Å². The van der Waals surface area contributed by atoms with E-state index in [0.717, 1.165) is 31.1 Å². The molecule has 1 aliphatic heterocycles. The maximum Gasteiger partial charge on any atom is 0.0451 e. The molecule has 0 saturated carbocycles. The highest BCUT2D eigenvalue weighted by atomic mass is 35.5. The van der Waals surface area contributed by atoms with Crippen LogP contribution in [0.1, 0.15) is 12.0 Å². The molecule has 4 heteroatoms. The first kappa shape index (κ1) is 12.8. The first-order valence-electron chi connectivity index (χ1n) is 4.97. The van der Waals surface area contributed by atoms with Gasteiger partial charge in [0.05, 0.1) is 0 Å². The molecule has 15 heavy (non-hydrogen) atoms. The van der Waals surface area contributed by atoms with Gasteiger partial charge in [-0.05, 0) is 18.1 Å². The van der Waals surface area contributed by atoms with E-state index in [1.165, 1.54) is 5.56 Å². The molecule has 1 heterocycles. The van der Waals surface area contributed by atoms with E-state index in [4.69, 9.17) is 17.3 Å². The third-order valence-corrected chi connectivity index (χ3v) is 3.03. The van der Waals surface area contributed by atoms with Crippen LogP contribution in [0.25, 0.3) is 0 Å². The second-order valence-electron chi connectivity index (χ2n) is 3.88. The molecular formula is C11H16Cl2N2. The summed E-state index contributed by atoms with van der Waals surface area (Å²) in [5.74, 6) is 0. The van der Waals surface area contributed by atoms with Gasteiger partial charge in [0.1, 0.15) is 0 Å². The number of nitrogens with two attached hydrogens (primary N) is 1. The summed E-state index contributed by atoms with van der Waals surface area (Å²) < 4.78 is 0. The zero-order chi connectivity index (χ0) is 9.97. The van der Waals surface area contributed by atoms with E-state index in [1.54, 1.807) is 0 Å². The second kappa shape index (κ2) is 5.71. The lowest BCUT2D eigenvalue weighted by atomic mass is 10.2. The van der Waals surface area contributed by atoms with Gasteiger partial charge in [-0.15, -0.1) is 12.4 Å². The highest BCUT2D eigenvalue weighted by Gasteiger charge is 2.19. The Balaban J connectivity index is 0.00000112. The van der Waals surface area contributed by atoms with Gasteiger partial charge in [-0.1, -0.05) is 29.8 Å². The fourth-order valence-corrected chi connectivity index (χ4v) is 2.07. The predicted molar refractivity (Wildman–Crippen MR) is 66.6 cm³/mol. The summed E-state index contributed by atoms with van der Waals surface area (Å²) in [6.45, 7) is 3.00. The minimum atomic E-state index is 0. The van der Waals surface area contributed by atoms with Gasteiger partial charge in [0.15, 0.2) is 0 Å². The number of halogens is 2. The van der Waals surface area contributed by atoms with Gasteiger partial charge in [0, 0.05) is 30.7 Å². The molecule has 1 aromatic carbocycles. The molecular weight excluding hydrogens is 231 g/mol. The molecule has 1 aromatic rings. The van der Waals surface area contributed by atoms with Gasteiger partial charge < -0.3 is 5.73 Å². The Morgan fingerprint density at radius 1 is 1.40 bits per heavy atom. The summed E-state index contributed by atoms with van der Waals surface area (Å²) in [4.78, 5) is 2.35. The molecule has 0 bridgehead atoms. The SMILES string of the molecule is Cl.N[C@H]1CCN(Cc2ccccc2Cl)C1. The van der Waals surface area contributed by atoms with Crippen molar-refractivity contribution in [1.82, 2.24) is 4.90 Å². The second-order valence-corrected chi connectivity index (χ2v) is 4.28. The molecule has 0 spiro atoms. The van der Waals surface area contributed by atoms with Gasteiger partial charge in [0.25, 0.3) is 0 Å². The molecule has 0 unspecified atom stereocenters. The van der Waals surface area contributed by atoms with Crippen LogP contribution in [0.4, 0.5) is 0 Å². The number of likely N-dealkylation sites (tertiary alicyclic amines) is 1. The molecule has 0 amide bonds. The van der Waals surface area contributed by atoms with Crippen LogP contribution < -0.4 is 5.73 Å². The molecule has 0 radical (unpaired) electrons. The Morgan fingerprint density at radius 3 is 2.73 bits per heavy atom. The van der Waals surface area contributed by atoms with E-state index in [1.807, 2.05) is 18.2 Å². The maximum atomic E-state index is 6.08. The third kappa shape index (κ3) is 3.35. The smallest absolute Gasteiger partial charge is 0.0451 e. The number of rotatable bonds is 2. The van der Waals surface area contributed by atoms with E-state index >= 15 is 0 Å². The Hall–Kier alpha value is -0.280. The molecule has 2 rings (SSSR count). The van der Waals surface area contributed by atoms with Crippen LogP contribution >= 0.6 is 24.0 Å². The predicted octanol–water partition coefficient (Wildman–Crippen LogP) is 2.29. The number of nitrogens with zero attached hydrogens (tertiary/aromatic N) is 1. The molecule has 0 aliphatic carbocycles. The van der Waals surface area contributed by atoms with Crippen molar-refractivity contribution in [2.24, 2.45) is 5.73 Å². The number of hydrogen-bond donors (Lipinski definition) is 1. The van der Waals surface area contributed by atoms with E-state index in [0.29, 0.717) is 6.04 Å². The maximum absolute atomic E-state index is 6.08. The summed E-state index contributed by atoms with van der Waals surface area (Å²) in [5, 5.41) is 0.855. The van der Waals surface area contributed by atoms with Gasteiger partial charge >= 0.3 is 0 Å². The molecule has 1 fully saturated rings. The zero-order valence-corrected chi connectivity index (χ0v) is 10.1. The van der Waals surface area contributed by atoms with Crippen LogP contribution in [0.3, 0.4) is 0 Å². The van der Waals surface area contributed by atoms with Crippen molar-refractivity contribution < 1.29 is 0 Å². The van der Waals surface area contributed by atoms with Crippen LogP contribution in [-0.2, 0) is 6.54 Å². The number of benzene rings is 1. The fourth-order valence-electron chi connectivity index (χ4n) is 1.87. The minimum Gasteiger partial charge on any atom is -0.326 e. The van der Waals surface area contributed by atoms with Gasteiger partial charge in [-0.2, -0.15) is 0 Å². The molecule has 1 saturated heterocycles. The third-order valence-electron chi connectivity index (χ3n) is 2.66. The van der Waals surface area contributed by atoms with Gasteiger partial charge in [-0.25, -0.2) is 0 Å². The highest BCUT2D eigenvalue weighted by molar-refractivity contribution is 6.31. The van der Waals surface area contributed by atoms with Crippen LogP contribution in [-0.4, -0.2) is 24.0 Å². The lowest BCUT2D eigenvalue weighted by Crippen LogP contribution is -2.26. The van der Waals surface area contributed by atoms with E-state index < -0.39 is 0 Å². The van der Waals surface area contributed by atoms with Crippen LogP contribution in [0.5, 0.6) is 0 Å². The largest absolute Gasteiger partial charge is 0.326 e. The number of hydrogen-bond acceptors (Lipinski definition) is 2. The van der Waals surface area contributed by atoms with Crippen LogP contribution in [0.2, 0.25) is 5.02 Å². The summed E-state index contributed by atoms with van der Waals surface area (Å²) in [7, 11) is 0. The summed E-state index contributed by atoms with van der Waals surface area (Å²) in [6.07, 6.45) is 1.10. The monoisotopic (exact) mass is 246 g/mol. The molecule has 1 atom stereocenters. The van der Waals surface area contributed by atoms with Crippen molar-refractivity contribution in [3.05, 3.63) is 34.9 Å². The minimum absolute atomic E-state index is 0. The Bertz CT molecular complexity index is 317. The van der Waals surface area contributed by atoms with E-state index in [-0.39, 0.29) is 12.4 Å². The molecule has 1 aliphatic rings. The van der Waals surface area contributed by atoms with Crippen molar-refractivity contribution in [3.63, 3.8) is 0 Å². The van der Waals surface area contributed by atoms with Gasteiger partial charge in [-0.3, -0.25) is 4.90 Å². The van der Waals surface area contributed by atoms with Crippen LogP contribution in [0, 0.1) is 0 Å². The van der Waals surface area contributed by atoms with Crippen molar-refractivity contribution in [2.45, 2.75) is 19.0 Å². The Morgan fingerprint density at radius 2 is 2.13 bits per heavy atom. The molecule has 2 N–H and O–H groups in total. The average molecular weight is 247 g/mol. The molecule has 84 valence electrons. The van der Waals surface area contributed by atoms with Crippen molar-refractivity contribution in [3.8, 4) is 0 Å². The standard InChI is InChI=1S/C11H15ClN2.ClH/c12-11-4-2-1-3-9(11)7-14-6-5-10(13)8-14;/h1-4,10H,5-8,13H2;1H/t10-;/m0./s1. The first-order chi connectivity index (χ1) is 6.75.